The molecule has 0 unspecified atom stereocenters. The lowest BCUT2D eigenvalue weighted by Crippen LogP contribution is -2.03. The Morgan fingerprint density at radius 2 is 1.78 bits per heavy atom. The Bertz CT molecular complexity index is 870. The second kappa shape index (κ2) is 10.2. The molecule has 7 heteroatoms. The summed E-state index contributed by atoms with van der Waals surface area (Å²) in [5, 5.41) is 3.51. The largest absolute Gasteiger partial charge is 0.493 e. The fraction of sp³-hybridized carbons (Fsp3) is 0.250. The molecule has 0 aromatic heterocycles. The van der Waals surface area contributed by atoms with Crippen LogP contribution in [0.15, 0.2) is 51.3 Å². The van der Waals surface area contributed by atoms with Gasteiger partial charge in [-0.25, -0.2) is 10.3 Å². The van der Waals surface area contributed by atoms with Crippen molar-refractivity contribution in [1.82, 2.24) is 0 Å². The second-order valence-corrected chi connectivity index (χ2v) is 6.20. The third kappa shape index (κ3) is 5.76. The number of ether oxygens (including phenoxy) is 3. The molecule has 0 bridgehead atoms. The van der Waals surface area contributed by atoms with Gasteiger partial charge in [0.05, 0.1) is 18.1 Å². The van der Waals surface area contributed by atoms with E-state index in [0.717, 1.165) is 9.79 Å². The zero-order valence-electron chi connectivity index (χ0n) is 15.4. The summed E-state index contributed by atoms with van der Waals surface area (Å²) >= 11 is 1.47. The van der Waals surface area contributed by atoms with Crippen LogP contribution in [0.5, 0.6) is 17.2 Å². The molecule has 0 heterocycles. The van der Waals surface area contributed by atoms with E-state index >= 15 is 0 Å². The molecular formula is C20H20N2O4S. The normalized spacial score (nSPS) is 9.74. The molecular weight excluding hydrogens is 364 g/mol. The average Bonchev–Trinajstić information content (AvgIpc) is 2.65. The van der Waals surface area contributed by atoms with Gasteiger partial charge in [-0.3, -0.25) is 0 Å². The van der Waals surface area contributed by atoms with Gasteiger partial charge in [-0.1, -0.05) is 17.7 Å². The second-order valence-electron chi connectivity index (χ2n) is 5.08. The fourth-order valence-corrected chi connectivity index (χ4v) is 3.08. The van der Waals surface area contributed by atoms with Gasteiger partial charge >= 0.3 is 5.97 Å². The Balaban J connectivity index is 2.26. The van der Waals surface area contributed by atoms with E-state index < -0.39 is 5.97 Å². The van der Waals surface area contributed by atoms with Gasteiger partial charge in [0.1, 0.15) is 22.9 Å². The quantitative estimate of drug-likeness (QED) is 0.222. The summed E-state index contributed by atoms with van der Waals surface area (Å²) in [5.41, 5.74) is 7.74. The molecule has 0 radical (unpaired) electrons. The lowest BCUT2D eigenvalue weighted by Gasteiger charge is -2.14. The van der Waals surface area contributed by atoms with Crippen molar-refractivity contribution >= 4 is 23.4 Å². The Morgan fingerprint density at radius 1 is 1.11 bits per heavy atom. The molecule has 0 aliphatic heterocycles. The Morgan fingerprint density at radius 3 is 2.37 bits per heavy atom. The number of hydrogen-bond donors (Lipinski definition) is 1. The Hall–Kier alpha value is -2.98. The van der Waals surface area contributed by atoms with Crippen molar-refractivity contribution in [3.63, 3.8) is 0 Å². The van der Waals surface area contributed by atoms with Crippen LogP contribution in [0.1, 0.15) is 20.8 Å². The highest BCUT2D eigenvalue weighted by atomic mass is 32.2. The molecule has 0 saturated carbocycles. The topological polar surface area (TPSA) is 81.0 Å². The van der Waals surface area contributed by atoms with Crippen molar-refractivity contribution in [3.05, 3.63) is 36.4 Å². The molecule has 0 saturated heterocycles. The first-order valence-electron chi connectivity index (χ1n) is 8.34. The van der Waals surface area contributed by atoms with Crippen LogP contribution >= 0.6 is 11.8 Å². The van der Waals surface area contributed by atoms with Crippen molar-refractivity contribution in [2.24, 2.45) is 5.11 Å². The first-order chi connectivity index (χ1) is 13.1. The number of rotatable bonds is 8. The van der Waals surface area contributed by atoms with Crippen LogP contribution in [0.2, 0.25) is 0 Å². The summed E-state index contributed by atoms with van der Waals surface area (Å²) in [5.74, 6) is 5.82. The monoisotopic (exact) mass is 384 g/mol. The average molecular weight is 384 g/mol. The van der Waals surface area contributed by atoms with E-state index in [4.69, 9.17) is 19.7 Å². The smallest absolute Gasteiger partial charge is 0.389 e. The molecule has 2 rings (SSSR count). The fourth-order valence-electron chi connectivity index (χ4n) is 2.17. The molecule has 2 aromatic carbocycles. The summed E-state index contributed by atoms with van der Waals surface area (Å²) < 4.78 is 16.4. The predicted octanol–water partition coefficient (Wildman–Crippen LogP) is 5.23. The zero-order valence-corrected chi connectivity index (χ0v) is 16.2. The van der Waals surface area contributed by atoms with Crippen molar-refractivity contribution < 1.29 is 19.0 Å². The minimum absolute atomic E-state index is 0.420. The third-order valence-corrected chi connectivity index (χ3v) is 4.28. The number of esters is 1. The highest BCUT2D eigenvalue weighted by Crippen LogP contribution is 2.42. The minimum Gasteiger partial charge on any atom is -0.493 e. The van der Waals surface area contributed by atoms with E-state index in [1.54, 1.807) is 25.1 Å². The van der Waals surface area contributed by atoms with E-state index in [0.29, 0.717) is 36.1 Å². The zero-order chi connectivity index (χ0) is 19.6. The summed E-state index contributed by atoms with van der Waals surface area (Å²) in [6.45, 7) is 6.31. The lowest BCUT2D eigenvalue weighted by atomic mass is 10.2. The summed E-state index contributed by atoms with van der Waals surface area (Å²) in [4.78, 5) is 13.2. The molecule has 0 spiro atoms. The van der Waals surface area contributed by atoms with E-state index in [1.165, 1.54) is 11.8 Å². The number of nitrogens with zero attached hydrogens (tertiary/aromatic N) is 1. The number of hydrogen-bond acceptors (Lipinski definition) is 7. The van der Waals surface area contributed by atoms with Crippen LogP contribution in [0, 0.1) is 17.4 Å². The molecule has 0 aliphatic carbocycles. The van der Waals surface area contributed by atoms with Gasteiger partial charge in [0.25, 0.3) is 0 Å². The first kappa shape index (κ1) is 20.3. The number of benzene rings is 2. The van der Waals surface area contributed by atoms with Crippen molar-refractivity contribution in [2.75, 3.05) is 13.2 Å². The standard InChI is InChI=1S/C20H20N2O4S/c1-4-7-20(23)26-14-8-10-15(11-9-14)27-19-13-17(24-5-2)16(22-21)12-18(19)25-6-3/h8-13,21H,5-6H2,1-3H3. The van der Waals surface area contributed by atoms with Crippen LogP contribution in [0.4, 0.5) is 5.69 Å². The van der Waals surface area contributed by atoms with Gasteiger partial charge in [0.2, 0.25) is 0 Å². The van der Waals surface area contributed by atoms with E-state index in [-0.39, 0.29) is 0 Å². The molecule has 1 N–H and O–H groups in total. The summed E-state index contributed by atoms with van der Waals surface area (Å²) in [6, 6.07) is 10.6. The van der Waals surface area contributed by atoms with E-state index in [1.807, 2.05) is 32.0 Å². The number of nitrogens with one attached hydrogen (secondary N) is 1. The van der Waals surface area contributed by atoms with Gasteiger partial charge in [0.15, 0.2) is 0 Å². The summed E-state index contributed by atoms with van der Waals surface area (Å²) in [6.07, 6.45) is 0. The molecule has 6 nitrogen and oxygen atoms in total. The maximum atomic E-state index is 11.4. The highest BCUT2D eigenvalue weighted by molar-refractivity contribution is 7.99. The van der Waals surface area contributed by atoms with E-state index in [9.17, 15) is 4.79 Å². The lowest BCUT2D eigenvalue weighted by molar-refractivity contribution is -0.128. The van der Waals surface area contributed by atoms with Crippen molar-refractivity contribution in [1.29, 1.82) is 5.53 Å². The molecule has 0 atom stereocenters. The molecule has 0 fully saturated rings. The molecule has 0 aliphatic rings. The van der Waals surface area contributed by atoms with Crippen LogP contribution in [0.3, 0.4) is 0 Å². The van der Waals surface area contributed by atoms with Crippen LogP contribution in [-0.4, -0.2) is 19.2 Å². The van der Waals surface area contributed by atoms with Gasteiger partial charge < -0.3 is 14.2 Å². The van der Waals surface area contributed by atoms with Gasteiger partial charge in [0, 0.05) is 22.9 Å². The SMILES string of the molecule is CC#CC(=O)Oc1ccc(Sc2cc(OCC)c(N=N)cc2OCC)cc1. The maximum Gasteiger partial charge on any atom is 0.389 e. The number of carbonyl (C=O) groups is 1. The first-order valence-corrected chi connectivity index (χ1v) is 9.16. The Kier molecular flexibility index (Phi) is 7.71. The molecule has 27 heavy (non-hydrogen) atoms. The Labute approximate surface area is 162 Å². The third-order valence-electron chi connectivity index (χ3n) is 3.23. The predicted molar refractivity (Wildman–Crippen MR) is 103 cm³/mol. The maximum absolute atomic E-state index is 11.4. The molecule has 140 valence electrons. The van der Waals surface area contributed by atoms with Gasteiger partial charge in [-0.2, -0.15) is 5.11 Å². The molecule has 2 aromatic rings. The van der Waals surface area contributed by atoms with Crippen LogP contribution in [-0.2, 0) is 4.79 Å². The van der Waals surface area contributed by atoms with Crippen LogP contribution in [0.25, 0.3) is 0 Å². The number of carbonyl (C=O) groups excluding carboxylic acids is 1. The van der Waals surface area contributed by atoms with E-state index in [2.05, 4.69) is 17.0 Å². The molecule has 0 amide bonds. The van der Waals surface area contributed by atoms with Crippen LogP contribution < -0.4 is 14.2 Å². The highest BCUT2D eigenvalue weighted by Gasteiger charge is 2.13. The van der Waals surface area contributed by atoms with Crippen molar-refractivity contribution in [2.45, 2.75) is 30.6 Å². The van der Waals surface area contributed by atoms with Crippen molar-refractivity contribution in [3.8, 4) is 29.1 Å². The minimum atomic E-state index is -0.590. The summed E-state index contributed by atoms with van der Waals surface area (Å²) in [7, 11) is 0. The van der Waals surface area contributed by atoms with Gasteiger partial charge in [-0.05, 0) is 45.0 Å². The van der Waals surface area contributed by atoms with Gasteiger partial charge in [-0.15, -0.1) is 0 Å².